The second kappa shape index (κ2) is 6.00. The fraction of sp³-hybridized carbons (Fsp3) is 0.0833. The van der Waals surface area contributed by atoms with Crippen LogP contribution in [0.1, 0.15) is 5.56 Å². The van der Waals surface area contributed by atoms with Crippen molar-refractivity contribution in [3.8, 4) is 0 Å². The van der Waals surface area contributed by atoms with Crippen LogP contribution >= 0.6 is 39.1 Å². The summed E-state index contributed by atoms with van der Waals surface area (Å²) in [6.07, 6.45) is 1.48. The monoisotopic (exact) mass is 409 g/mol. The summed E-state index contributed by atoms with van der Waals surface area (Å²) in [5.41, 5.74) is 6.49. The Labute approximate surface area is 140 Å². The highest BCUT2D eigenvalue weighted by Gasteiger charge is 2.23. The summed E-state index contributed by atoms with van der Waals surface area (Å²) in [6, 6.07) is 4.38. The zero-order valence-electron chi connectivity index (χ0n) is 10.7. The second-order valence-electron chi connectivity index (χ2n) is 4.24. The average molecular weight is 411 g/mol. The number of rotatable bonds is 3. The van der Waals surface area contributed by atoms with Gasteiger partial charge >= 0.3 is 0 Å². The van der Waals surface area contributed by atoms with Crippen molar-refractivity contribution >= 4 is 60.7 Å². The summed E-state index contributed by atoms with van der Waals surface area (Å²) in [5.74, 6) is 0.196. The zero-order valence-corrected chi connectivity index (χ0v) is 14.6. The van der Waals surface area contributed by atoms with Gasteiger partial charge in [-0.3, -0.25) is 4.72 Å². The van der Waals surface area contributed by atoms with Crippen molar-refractivity contribution < 1.29 is 8.42 Å². The van der Waals surface area contributed by atoms with E-state index >= 15 is 0 Å². The Morgan fingerprint density at radius 1 is 1.24 bits per heavy atom. The molecule has 0 atom stereocenters. The lowest BCUT2D eigenvalue weighted by atomic mass is 10.3. The van der Waals surface area contributed by atoms with Crippen molar-refractivity contribution in [2.45, 2.75) is 11.8 Å². The molecule has 112 valence electrons. The average Bonchev–Trinajstić information content (AvgIpc) is 2.30. The Bertz CT molecular complexity index is 789. The molecule has 0 spiro atoms. The number of hydrogen-bond acceptors (Lipinski definition) is 4. The van der Waals surface area contributed by atoms with Gasteiger partial charge in [-0.05, 0) is 46.6 Å². The van der Waals surface area contributed by atoms with Crippen molar-refractivity contribution in [1.82, 2.24) is 4.98 Å². The number of nitrogens with two attached hydrogens (primary N) is 1. The molecular weight excluding hydrogens is 401 g/mol. The van der Waals surface area contributed by atoms with Crippen LogP contribution in [0.4, 0.5) is 11.5 Å². The highest BCUT2D eigenvalue weighted by Crippen LogP contribution is 2.33. The first-order valence-corrected chi connectivity index (χ1v) is 8.63. The maximum absolute atomic E-state index is 12.4. The first kappa shape index (κ1) is 16.4. The minimum Gasteiger partial charge on any atom is -0.399 e. The first-order chi connectivity index (χ1) is 9.70. The van der Waals surface area contributed by atoms with Gasteiger partial charge in [0, 0.05) is 16.4 Å². The smallest absolute Gasteiger partial charge is 0.266 e. The first-order valence-electron chi connectivity index (χ1n) is 5.60. The van der Waals surface area contributed by atoms with Crippen LogP contribution in [0, 0.1) is 6.92 Å². The van der Waals surface area contributed by atoms with Crippen LogP contribution in [0.2, 0.25) is 10.0 Å². The number of halogens is 3. The van der Waals surface area contributed by atoms with Gasteiger partial charge in [0.15, 0.2) is 0 Å². The van der Waals surface area contributed by atoms with Crippen molar-refractivity contribution in [3.05, 3.63) is 44.5 Å². The number of aromatic nitrogens is 1. The van der Waals surface area contributed by atoms with E-state index < -0.39 is 10.0 Å². The molecule has 0 aliphatic carbocycles. The van der Waals surface area contributed by atoms with E-state index in [9.17, 15) is 8.42 Å². The van der Waals surface area contributed by atoms with Crippen LogP contribution in [0.25, 0.3) is 0 Å². The molecule has 1 heterocycles. The third-order valence-corrected chi connectivity index (χ3v) is 5.26. The molecule has 5 nitrogen and oxygen atoms in total. The molecule has 0 bridgehead atoms. The molecule has 1 aromatic carbocycles. The molecule has 1 aromatic heterocycles. The number of nitrogens with zero attached hydrogens (tertiary/aromatic N) is 1. The Kier molecular flexibility index (Phi) is 4.67. The highest BCUT2D eigenvalue weighted by molar-refractivity contribution is 9.10. The molecule has 2 rings (SSSR count). The number of sulfonamides is 1. The number of hydrogen-bond donors (Lipinski definition) is 2. The fourth-order valence-corrected chi connectivity index (χ4v) is 4.42. The minimum atomic E-state index is -3.97. The summed E-state index contributed by atoms with van der Waals surface area (Å²) in [6.45, 7) is 1.72. The Balaban J connectivity index is 2.48. The molecule has 2 aromatic rings. The van der Waals surface area contributed by atoms with E-state index in [0.29, 0.717) is 5.56 Å². The van der Waals surface area contributed by atoms with E-state index in [1.54, 1.807) is 13.0 Å². The number of anilines is 2. The molecule has 0 fully saturated rings. The molecule has 0 unspecified atom stereocenters. The van der Waals surface area contributed by atoms with E-state index in [4.69, 9.17) is 28.9 Å². The number of pyridine rings is 1. The van der Waals surface area contributed by atoms with Crippen LogP contribution in [0.5, 0.6) is 0 Å². The number of benzene rings is 1. The van der Waals surface area contributed by atoms with E-state index in [2.05, 4.69) is 25.6 Å². The third kappa shape index (κ3) is 3.60. The van der Waals surface area contributed by atoms with Crippen molar-refractivity contribution in [2.75, 3.05) is 10.5 Å². The lowest BCUT2D eigenvalue weighted by Gasteiger charge is -2.12. The molecule has 9 heteroatoms. The predicted molar refractivity (Wildman–Crippen MR) is 88.4 cm³/mol. The Morgan fingerprint density at radius 3 is 2.33 bits per heavy atom. The number of aryl methyl sites for hydroxylation is 1. The summed E-state index contributed by atoms with van der Waals surface area (Å²) in [4.78, 5) is 3.79. The standard InChI is InChI=1S/C12H10BrCl2N3O2S/c1-6-2-7(13)5-17-12(6)18-21(19,20)11-9(14)3-8(16)4-10(11)15/h2-5H,16H2,1H3,(H,17,18). The van der Waals surface area contributed by atoms with Crippen LogP contribution in [0.3, 0.4) is 0 Å². The molecule has 21 heavy (non-hydrogen) atoms. The Hall–Kier alpha value is -1.02. The molecular formula is C12H10BrCl2N3O2S. The molecule has 0 radical (unpaired) electrons. The fourth-order valence-electron chi connectivity index (χ4n) is 1.66. The van der Waals surface area contributed by atoms with Gasteiger partial charge in [-0.1, -0.05) is 23.2 Å². The lowest BCUT2D eigenvalue weighted by molar-refractivity contribution is 0.601. The lowest BCUT2D eigenvalue weighted by Crippen LogP contribution is -2.16. The van der Waals surface area contributed by atoms with Crippen molar-refractivity contribution in [3.63, 3.8) is 0 Å². The molecule has 0 aliphatic rings. The number of nitrogens with one attached hydrogen (secondary N) is 1. The van der Waals surface area contributed by atoms with Gasteiger partial charge in [0.1, 0.15) is 10.7 Å². The molecule has 0 aliphatic heterocycles. The second-order valence-corrected chi connectivity index (χ2v) is 7.59. The van der Waals surface area contributed by atoms with Gasteiger partial charge < -0.3 is 5.73 Å². The molecule has 0 saturated heterocycles. The van der Waals surface area contributed by atoms with E-state index in [-0.39, 0.29) is 26.4 Å². The van der Waals surface area contributed by atoms with Gasteiger partial charge in [-0.25, -0.2) is 13.4 Å². The van der Waals surface area contributed by atoms with Crippen molar-refractivity contribution in [2.24, 2.45) is 0 Å². The summed E-state index contributed by atoms with van der Waals surface area (Å²) in [7, 11) is -3.97. The van der Waals surface area contributed by atoms with Crippen LogP contribution in [-0.2, 0) is 10.0 Å². The maximum Gasteiger partial charge on any atom is 0.266 e. The molecule has 3 N–H and O–H groups in total. The van der Waals surface area contributed by atoms with E-state index in [1.165, 1.54) is 18.3 Å². The van der Waals surface area contributed by atoms with Gasteiger partial charge in [0.25, 0.3) is 10.0 Å². The van der Waals surface area contributed by atoms with Crippen LogP contribution in [-0.4, -0.2) is 13.4 Å². The SMILES string of the molecule is Cc1cc(Br)cnc1NS(=O)(=O)c1c(Cl)cc(N)cc1Cl. The third-order valence-electron chi connectivity index (χ3n) is 2.57. The number of nitrogen functional groups attached to an aromatic ring is 1. The quantitative estimate of drug-likeness (QED) is 0.752. The van der Waals surface area contributed by atoms with E-state index in [1.807, 2.05) is 0 Å². The summed E-state index contributed by atoms with van der Waals surface area (Å²) >= 11 is 15.1. The minimum absolute atomic E-state index is 0.0535. The van der Waals surface area contributed by atoms with Crippen LogP contribution in [0.15, 0.2) is 33.8 Å². The highest BCUT2D eigenvalue weighted by atomic mass is 79.9. The van der Waals surface area contributed by atoms with Crippen LogP contribution < -0.4 is 10.5 Å². The van der Waals surface area contributed by atoms with Gasteiger partial charge in [-0.2, -0.15) is 0 Å². The maximum atomic E-state index is 12.4. The Morgan fingerprint density at radius 2 is 1.81 bits per heavy atom. The van der Waals surface area contributed by atoms with Gasteiger partial charge in [0.05, 0.1) is 10.0 Å². The van der Waals surface area contributed by atoms with Gasteiger partial charge in [-0.15, -0.1) is 0 Å². The molecule has 0 saturated carbocycles. The molecule has 0 amide bonds. The summed E-state index contributed by atoms with van der Waals surface area (Å²) in [5, 5.41) is -0.107. The zero-order chi connectivity index (χ0) is 15.8. The topological polar surface area (TPSA) is 85.1 Å². The predicted octanol–water partition coefficient (Wildman–Crippen LogP) is 3.84. The largest absolute Gasteiger partial charge is 0.399 e. The van der Waals surface area contributed by atoms with E-state index in [0.717, 1.165) is 4.47 Å². The normalized spacial score (nSPS) is 11.4. The van der Waals surface area contributed by atoms with Crippen molar-refractivity contribution in [1.29, 1.82) is 0 Å². The summed E-state index contributed by atoms with van der Waals surface area (Å²) < 4.78 is 27.9. The van der Waals surface area contributed by atoms with Gasteiger partial charge in [0.2, 0.25) is 0 Å².